The molecule has 2 heterocycles. The second kappa shape index (κ2) is 6.37. The number of hydrogen-bond donors (Lipinski definition) is 1. The van der Waals surface area contributed by atoms with E-state index >= 15 is 0 Å². The second-order valence-electron chi connectivity index (χ2n) is 6.23. The molecular formula is C17H22N4O. The highest BCUT2D eigenvalue weighted by Gasteiger charge is 2.33. The van der Waals surface area contributed by atoms with Crippen LogP contribution in [0.3, 0.4) is 0 Å². The molecule has 2 aliphatic heterocycles. The highest BCUT2D eigenvalue weighted by Crippen LogP contribution is 2.28. The van der Waals surface area contributed by atoms with Crippen molar-refractivity contribution in [1.82, 2.24) is 4.90 Å². The number of primary amides is 1. The summed E-state index contributed by atoms with van der Waals surface area (Å²) < 4.78 is 0. The fourth-order valence-corrected chi connectivity index (χ4v) is 3.67. The van der Waals surface area contributed by atoms with E-state index in [2.05, 4.69) is 15.9 Å². The largest absolute Gasteiger partial charge is 0.370 e. The van der Waals surface area contributed by atoms with E-state index in [0.29, 0.717) is 6.04 Å². The molecule has 3 rings (SSSR count). The summed E-state index contributed by atoms with van der Waals surface area (Å²) in [5, 5.41) is 9.23. The van der Waals surface area contributed by atoms with Crippen LogP contribution in [-0.2, 0) is 4.79 Å². The molecule has 5 nitrogen and oxygen atoms in total. The maximum Gasteiger partial charge on any atom is 0.221 e. The Morgan fingerprint density at radius 3 is 2.55 bits per heavy atom. The lowest BCUT2D eigenvalue weighted by molar-refractivity contribution is -0.121. The third-order valence-corrected chi connectivity index (χ3v) is 4.97. The first kappa shape index (κ1) is 14.9. The number of para-hydroxylation sites is 1. The summed E-state index contributed by atoms with van der Waals surface area (Å²) in [4.78, 5) is 16.0. The number of rotatable bonds is 3. The molecule has 5 heteroatoms. The molecule has 1 atom stereocenters. The quantitative estimate of drug-likeness (QED) is 0.914. The van der Waals surface area contributed by atoms with Gasteiger partial charge in [0.2, 0.25) is 5.91 Å². The smallest absolute Gasteiger partial charge is 0.221 e. The van der Waals surface area contributed by atoms with Crippen LogP contribution in [0.5, 0.6) is 0 Å². The second-order valence-corrected chi connectivity index (χ2v) is 6.23. The molecule has 0 saturated carbocycles. The Hall–Kier alpha value is -2.06. The summed E-state index contributed by atoms with van der Waals surface area (Å²) in [5.74, 6) is -0.139. The molecule has 2 N–H and O–H groups in total. The molecular weight excluding hydrogens is 276 g/mol. The molecule has 0 aliphatic carbocycles. The summed E-state index contributed by atoms with van der Waals surface area (Å²) in [6.45, 7) is 3.71. The van der Waals surface area contributed by atoms with Gasteiger partial charge in [0.1, 0.15) is 6.07 Å². The van der Waals surface area contributed by atoms with Crippen molar-refractivity contribution in [3.05, 3.63) is 29.8 Å². The summed E-state index contributed by atoms with van der Waals surface area (Å²) in [7, 11) is 0. The van der Waals surface area contributed by atoms with Gasteiger partial charge in [0.05, 0.1) is 17.2 Å². The third kappa shape index (κ3) is 2.93. The van der Waals surface area contributed by atoms with Gasteiger partial charge in [-0.05, 0) is 37.9 Å². The predicted octanol–water partition coefficient (Wildman–Crippen LogP) is 1.33. The number of amides is 1. The molecule has 2 saturated heterocycles. The van der Waals surface area contributed by atoms with Crippen molar-refractivity contribution in [2.75, 3.05) is 31.1 Å². The topological polar surface area (TPSA) is 73.4 Å². The zero-order chi connectivity index (χ0) is 15.5. The summed E-state index contributed by atoms with van der Waals surface area (Å²) in [5.41, 5.74) is 7.20. The maximum atomic E-state index is 11.3. The number of hydrogen-bond acceptors (Lipinski definition) is 4. The molecule has 1 aromatic rings. The van der Waals surface area contributed by atoms with Crippen LogP contribution < -0.4 is 10.6 Å². The number of carbonyl (C=O) groups is 1. The summed E-state index contributed by atoms with van der Waals surface area (Å²) in [6.07, 6.45) is 3.04. The standard InChI is InChI=1S/C17H22N4O/c18-11-13-3-1-2-4-16(13)20-9-6-15(7-10-20)21-8-5-14(12-21)17(19)22/h1-4,14-15H,5-10,12H2,(H2,19,22). The SMILES string of the molecule is N#Cc1ccccc1N1CCC(N2CCC(C(N)=O)C2)CC1. The lowest BCUT2D eigenvalue weighted by Crippen LogP contribution is -2.44. The van der Waals surface area contributed by atoms with E-state index in [1.165, 1.54) is 0 Å². The van der Waals surface area contributed by atoms with Gasteiger partial charge >= 0.3 is 0 Å². The summed E-state index contributed by atoms with van der Waals surface area (Å²) >= 11 is 0. The molecule has 1 unspecified atom stereocenters. The lowest BCUT2D eigenvalue weighted by Gasteiger charge is -2.38. The Balaban J connectivity index is 1.59. The molecule has 1 aromatic carbocycles. The Morgan fingerprint density at radius 1 is 1.18 bits per heavy atom. The Bertz CT molecular complexity index is 587. The molecule has 2 fully saturated rings. The van der Waals surface area contributed by atoms with E-state index in [-0.39, 0.29) is 11.8 Å². The van der Waals surface area contributed by atoms with Crippen molar-refractivity contribution in [2.45, 2.75) is 25.3 Å². The van der Waals surface area contributed by atoms with E-state index in [1.54, 1.807) is 0 Å². The van der Waals surface area contributed by atoms with Crippen LogP contribution in [0.25, 0.3) is 0 Å². The number of nitrogens with two attached hydrogens (primary N) is 1. The average Bonchev–Trinajstić information content (AvgIpc) is 3.05. The van der Waals surface area contributed by atoms with Crippen LogP contribution in [0, 0.1) is 17.2 Å². The van der Waals surface area contributed by atoms with E-state index in [4.69, 9.17) is 5.73 Å². The van der Waals surface area contributed by atoms with Crippen LogP contribution in [0.4, 0.5) is 5.69 Å². The minimum atomic E-state index is -0.164. The van der Waals surface area contributed by atoms with Gasteiger partial charge in [0, 0.05) is 25.7 Å². The fourth-order valence-electron chi connectivity index (χ4n) is 3.67. The van der Waals surface area contributed by atoms with Gasteiger partial charge in [-0.15, -0.1) is 0 Å². The first-order valence-corrected chi connectivity index (χ1v) is 7.96. The summed E-state index contributed by atoms with van der Waals surface area (Å²) in [6, 6.07) is 10.6. The average molecular weight is 298 g/mol. The molecule has 0 aromatic heterocycles. The van der Waals surface area contributed by atoms with E-state index < -0.39 is 0 Å². The van der Waals surface area contributed by atoms with Crippen LogP contribution >= 0.6 is 0 Å². The zero-order valence-corrected chi connectivity index (χ0v) is 12.7. The van der Waals surface area contributed by atoms with E-state index in [1.807, 2.05) is 24.3 Å². The van der Waals surface area contributed by atoms with Gasteiger partial charge in [0.15, 0.2) is 0 Å². The number of anilines is 1. The number of nitrogens with zero attached hydrogens (tertiary/aromatic N) is 3. The van der Waals surface area contributed by atoms with Crippen LogP contribution in [-0.4, -0.2) is 43.0 Å². The lowest BCUT2D eigenvalue weighted by atomic mass is 10.0. The Labute approximate surface area is 131 Å². The molecule has 0 radical (unpaired) electrons. The zero-order valence-electron chi connectivity index (χ0n) is 12.7. The first-order chi connectivity index (χ1) is 10.7. The van der Waals surface area contributed by atoms with Gasteiger partial charge in [-0.25, -0.2) is 0 Å². The molecule has 0 spiro atoms. The minimum absolute atomic E-state index is 0.0253. The van der Waals surface area contributed by atoms with Crippen LogP contribution in [0.15, 0.2) is 24.3 Å². The molecule has 2 aliphatic rings. The van der Waals surface area contributed by atoms with Gasteiger partial charge in [0.25, 0.3) is 0 Å². The van der Waals surface area contributed by atoms with Gasteiger partial charge in [-0.1, -0.05) is 12.1 Å². The Kier molecular flexibility index (Phi) is 4.30. The van der Waals surface area contributed by atoms with Crippen molar-refractivity contribution >= 4 is 11.6 Å². The predicted molar refractivity (Wildman–Crippen MR) is 85.3 cm³/mol. The third-order valence-electron chi connectivity index (χ3n) is 4.97. The number of carbonyl (C=O) groups excluding carboxylic acids is 1. The van der Waals surface area contributed by atoms with Crippen molar-refractivity contribution in [3.63, 3.8) is 0 Å². The number of benzene rings is 1. The van der Waals surface area contributed by atoms with Crippen LogP contribution in [0.2, 0.25) is 0 Å². The molecule has 116 valence electrons. The number of piperidine rings is 1. The fraction of sp³-hybridized carbons (Fsp3) is 0.529. The number of nitriles is 1. The van der Waals surface area contributed by atoms with Gasteiger partial charge < -0.3 is 10.6 Å². The highest BCUT2D eigenvalue weighted by molar-refractivity contribution is 5.77. The van der Waals surface area contributed by atoms with Crippen molar-refractivity contribution in [2.24, 2.45) is 11.7 Å². The van der Waals surface area contributed by atoms with Crippen molar-refractivity contribution in [1.29, 1.82) is 5.26 Å². The monoisotopic (exact) mass is 298 g/mol. The van der Waals surface area contributed by atoms with E-state index in [9.17, 15) is 10.1 Å². The Morgan fingerprint density at radius 2 is 1.91 bits per heavy atom. The van der Waals surface area contributed by atoms with E-state index in [0.717, 1.165) is 56.7 Å². The first-order valence-electron chi connectivity index (χ1n) is 7.96. The molecule has 0 bridgehead atoms. The minimum Gasteiger partial charge on any atom is -0.370 e. The van der Waals surface area contributed by atoms with Crippen LogP contribution in [0.1, 0.15) is 24.8 Å². The maximum absolute atomic E-state index is 11.3. The van der Waals surface area contributed by atoms with Crippen molar-refractivity contribution in [3.8, 4) is 6.07 Å². The highest BCUT2D eigenvalue weighted by atomic mass is 16.1. The van der Waals surface area contributed by atoms with Gasteiger partial charge in [-0.2, -0.15) is 5.26 Å². The molecule has 1 amide bonds. The van der Waals surface area contributed by atoms with Gasteiger partial charge in [-0.3, -0.25) is 9.69 Å². The van der Waals surface area contributed by atoms with Crippen molar-refractivity contribution < 1.29 is 4.79 Å². The normalized spacial score (nSPS) is 23.4. The molecule has 22 heavy (non-hydrogen) atoms. The number of likely N-dealkylation sites (tertiary alicyclic amines) is 1.